The molecule has 2 nitrogen and oxygen atoms in total. The number of nitrogens with one attached hydrogen (secondary N) is 1. The van der Waals surface area contributed by atoms with Crippen LogP contribution in [0.3, 0.4) is 0 Å². The van der Waals surface area contributed by atoms with Gasteiger partial charge in [-0.1, -0.05) is 6.92 Å². The lowest BCUT2D eigenvalue weighted by atomic mass is 9.97. The van der Waals surface area contributed by atoms with Crippen LogP contribution in [0.5, 0.6) is 0 Å². The van der Waals surface area contributed by atoms with Crippen molar-refractivity contribution in [2.75, 3.05) is 11.5 Å². The maximum atomic E-state index is 9.07. The van der Waals surface area contributed by atoms with Crippen molar-refractivity contribution < 1.29 is 0 Å². The molecule has 1 atom stereocenters. The van der Waals surface area contributed by atoms with Crippen LogP contribution >= 0.6 is 11.8 Å². The Morgan fingerprint density at radius 3 is 2.57 bits per heavy atom. The third kappa shape index (κ3) is 6.28. The number of rotatable bonds is 7. The molecule has 1 N–H and O–H groups in total. The van der Waals surface area contributed by atoms with E-state index in [2.05, 4.69) is 32.2 Å². The summed E-state index contributed by atoms with van der Waals surface area (Å²) in [6.45, 7) is 8.32. The summed E-state index contributed by atoms with van der Waals surface area (Å²) in [7, 11) is 0. The third-order valence-electron chi connectivity index (χ3n) is 2.02. The zero-order valence-corrected chi connectivity index (χ0v) is 10.6. The molecule has 0 rings (SSSR count). The van der Waals surface area contributed by atoms with Gasteiger partial charge in [-0.25, -0.2) is 0 Å². The highest BCUT2D eigenvalue weighted by atomic mass is 32.2. The van der Waals surface area contributed by atoms with E-state index in [4.69, 9.17) is 5.26 Å². The van der Waals surface area contributed by atoms with Crippen molar-refractivity contribution in [3.05, 3.63) is 0 Å². The fraction of sp³-hybridized carbons (Fsp3) is 0.909. The second kappa shape index (κ2) is 7.14. The Morgan fingerprint density at radius 1 is 1.50 bits per heavy atom. The van der Waals surface area contributed by atoms with Crippen LogP contribution in [0, 0.1) is 11.3 Å². The molecule has 0 spiro atoms. The summed E-state index contributed by atoms with van der Waals surface area (Å²) in [6.07, 6.45) is 2.05. The zero-order chi connectivity index (χ0) is 11.0. The predicted octanol–water partition coefficient (Wildman–Crippen LogP) is 2.80. The largest absolute Gasteiger partial charge is 0.297 e. The Balaban J connectivity index is 3.83. The molecule has 0 amide bonds. The standard InChI is InChI=1S/C11H22N2S/c1-5-14-8-6-7-11(4,9-12)13-10(2)3/h10,13H,5-8H2,1-4H3. The van der Waals surface area contributed by atoms with Crippen LogP contribution in [0.1, 0.15) is 40.5 Å². The van der Waals surface area contributed by atoms with Gasteiger partial charge in [0, 0.05) is 6.04 Å². The highest BCUT2D eigenvalue weighted by molar-refractivity contribution is 7.99. The molecule has 0 aliphatic rings. The highest BCUT2D eigenvalue weighted by Gasteiger charge is 2.23. The van der Waals surface area contributed by atoms with Gasteiger partial charge in [0.25, 0.3) is 0 Å². The molecule has 3 heteroatoms. The minimum Gasteiger partial charge on any atom is -0.297 e. The molecule has 0 aromatic rings. The monoisotopic (exact) mass is 214 g/mol. The van der Waals surface area contributed by atoms with Crippen LogP contribution < -0.4 is 5.32 Å². The molecule has 0 saturated heterocycles. The summed E-state index contributed by atoms with van der Waals surface area (Å²) >= 11 is 1.94. The van der Waals surface area contributed by atoms with Gasteiger partial charge in [0.05, 0.1) is 6.07 Å². The van der Waals surface area contributed by atoms with E-state index >= 15 is 0 Å². The minimum atomic E-state index is -0.345. The lowest BCUT2D eigenvalue weighted by Gasteiger charge is -2.25. The van der Waals surface area contributed by atoms with Gasteiger partial charge in [-0.05, 0) is 45.1 Å². The van der Waals surface area contributed by atoms with E-state index in [1.807, 2.05) is 18.7 Å². The van der Waals surface area contributed by atoms with Crippen LogP contribution in [0.4, 0.5) is 0 Å². The molecule has 0 heterocycles. The predicted molar refractivity (Wildman–Crippen MR) is 64.5 cm³/mol. The second-order valence-corrected chi connectivity index (χ2v) is 5.44. The highest BCUT2D eigenvalue weighted by Crippen LogP contribution is 2.14. The van der Waals surface area contributed by atoms with E-state index in [-0.39, 0.29) is 5.54 Å². The van der Waals surface area contributed by atoms with Gasteiger partial charge >= 0.3 is 0 Å². The second-order valence-electron chi connectivity index (χ2n) is 4.04. The van der Waals surface area contributed by atoms with Gasteiger partial charge in [-0.2, -0.15) is 17.0 Å². The van der Waals surface area contributed by atoms with Crippen molar-refractivity contribution in [1.29, 1.82) is 5.26 Å². The first-order valence-electron chi connectivity index (χ1n) is 5.30. The molecule has 82 valence electrons. The number of hydrogen-bond donors (Lipinski definition) is 1. The fourth-order valence-corrected chi connectivity index (χ4v) is 2.11. The van der Waals surface area contributed by atoms with Crippen molar-refractivity contribution in [3.63, 3.8) is 0 Å². The molecule has 0 aliphatic heterocycles. The van der Waals surface area contributed by atoms with Crippen LogP contribution in [0.25, 0.3) is 0 Å². The van der Waals surface area contributed by atoms with E-state index in [0.717, 1.165) is 18.6 Å². The number of nitriles is 1. The summed E-state index contributed by atoms with van der Waals surface area (Å²) in [6, 6.07) is 2.74. The zero-order valence-electron chi connectivity index (χ0n) is 9.76. The topological polar surface area (TPSA) is 35.8 Å². The molecule has 0 fully saturated rings. The molecule has 0 aromatic heterocycles. The van der Waals surface area contributed by atoms with E-state index in [1.54, 1.807) is 0 Å². The van der Waals surface area contributed by atoms with Gasteiger partial charge in [-0.15, -0.1) is 0 Å². The average molecular weight is 214 g/mol. The smallest absolute Gasteiger partial charge is 0.104 e. The van der Waals surface area contributed by atoms with Gasteiger partial charge in [-0.3, -0.25) is 5.32 Å². The summed E-state index contributed by atoms with van der Waals surface area (Å²) in [5.41, 5.74) is -0.345. The van der Waals surface area contributed by atoms with E-state index in [1.165, 1.54) is 5.75 Å². The summed E-state index contributed by atoms with van der Waals surface area (Å²) < 4.78 is 0. The first kappa shape index (κ1) is 13.8. The quantitative estimate of drug-likeness (QED) is 0.662. The van der Waals surface area contributed by atoms with Crippen LogP contribution in [0.15, 0.2) is 0 Å². The van der Waals surface area contributed by atoms with Crippen molar-refractivity contribution in [2.45, 2.75) is 52.1 Å². The number of hydrogen-bond acceptors (Lipinski definition) is 3. The molecule has 0 bridgehead atoms. The Labute approximate surface area is 92.5 Å². The van der Waals surface area contributed by atoms with Gasteiger partial charge in [0.2, 0.25) is 0 Å². The molecule has 0 saturated carbocycles. The van der Waals surface area contributed by atoms with Gasteiger partial charge in [0.1, 0.15) is 5.54 Å². The van der Waals surface area contributed by atoms with Crippen molar-refractivity contribution >= 4 is 11.8 Å². The maximum absolute atomic E-state index is 9.07. The lowest BCUT2D eigenvalue weighted by Crippen LogP contribution is -2.44. The lowest BCUT2D eigenvalue weighted by molar-refractivity contribution is 0.380. The Hall–Kier alpha value is -0.200. The van der Waals surface area contributed by atoms with Crippen LogP contribution in [0.2, 0.25) is 0 Å². The normalized spacial score (nSPS) is 15.1. The summed E-state index contributed by atoms with van der Waals surface area (Å²) in [5.74, 6) is 2.33. The summed E-state index contributed by atoms with van der Waals surface area (Å²) in [5, 5.41) is 12.4. The van der Waals surface area contributed by atoms with Gasteiger partial charge in [0.15, 0.2) is 0 Å². The third-order valence-corrected chi connectivity index (χ3v) is 3.01. The van der Waals surface area contributed by atoms with Crippen molar-refractivity contribution in [2.24, 2.45) is 0 Å². The summed E-state index contributed by atoms with van der Waals surface area (Å²) in [4.78, 5) is 0. The van der Waals surface area contributed by atoms with Crippen molar-refractivity contribution in [3.8, 4) is 6.07 Å². The molecular formula is C11H22N2S. The fourth-order valence-electron chi connectivity index (χ4n) is 1.47. The van der Waals surface area contributed by atoms with E-state index < -0.39 is 0 Å². The Bertz CT molecular complexity index is 186. The molecular weight excluding hydrogens is 192 g/mol. The minimum absolute atomic E-state index is 0.345. The molecule has 0 aromatic carbocycles. The van der Waals surface area contributed by atoms with E-state index in [9.17, 15) is 0 Å². The molecule has 0 radical (unpaired) electrons. The maximum Gasteiger partial charge on any atom is 0.104 e. The van der Waals surface area contributed by atoms with Gasteiger partial charge < -0.3 is 0 Å². The Kier molecular flexibility index (Phi) is 7.04. The average Bonchev–Trinajstić information content (AvgIpc) is 2.11. The van der Waals surface area contributed by atoms with Crippen LogP contribution in [-0.4, -0.2) is 23.1 Å². The van der Waals surface area contributed by atoms with E-state index in [0.29, 0.717) is 6.04 Å². The number of thioether (sulfide) groups is 1. The first-order valence-corrected chi connectivity index (χ1v) is 6.46. The SMILES string of the molecule is CCSCCCC(C)(C#N)NC(C)C. The molecule has 14 heavy (non-hydrogen) atoms. The molecule has 0 aliphatic carbocycles. The first-order chi connectivity index (χ1) is 6.54. The van der Waals surface area contributed by atoms with Crippen LogP contribution in [-0.2, 0) is 0 Å². The molecule has 1 unspecified atom stereocenters. The Morgan fingerprint density at radius 2 is 2.14 bits per heavy atom. The van der Waals surface area contributed by atoms with Crippen molar-refractivity contribution in [1.82, 2.24) is 5.32 Å². The number of nitrogens with zero attached hydrogens (tertiary/aromatic N) is 1.